The molecule has 1 aromatic rings. The fraction of sp³-hybridized carbons (Fsp3) is 0.385. The minimum Gasteiger partial charge on any atom is -0.508 e. The third kappa shape index (κ3) is 4.07. The van der Waals surface area contributed by atoms with Crippen LogP contribution in [0.2, 0.25) is 0 Å². The molecule has 98 valence electrons. The first kappa shape index (κ1) is 14.6. The number of ketones is 1. The van der Waals surface area contributed by atoms with Crippen molar-refractivity contribution in [2.75, 3.05) is 12.9 Å². The van der Waals surface area contributed by atoms with Crippen LogP contribution in [0, 0.1) is 13.8 Å². The van der Waals surface area contributed by atoms with E-state index in [2.05, 4.69) is 4.74 Å². The summed E-state index contributed by atoms with van der Waals surface area (Å²) in [4.78, 5) is 23.3. The van der Waals surface area contributed by atoms with Crippen LogP contribution in [0.5, 0.6) is 5.75 Å². The van der Waals surface area contributed by atoms with E-state index in [4.69, 9.17) is 0 Å². The lowest BCUT2D eigenvalue weighted by Gasteiger charge is -2.08. The Bertz CT molecular complexity index is 468. The summed E-state index contributed by atoms with van der Waals surface area (Å²) in [7, 11) is 1.26. The molecule has 0 heterocycles. The molecule has 0 amide bonds. The normalized spacial score (nSPS) is 10.2. The van der Waals surface area contributed by atoms with Crippen molar-refractivity contribution in [2.45, 2.75) is 25.2 Å². The Balaban J connectivity index is 2.64. The van der Waals surface area contributed by atoms with Gasteiger partial charge in [-0.05, 0) is 31.5 Å². The van der Waals surface area contributed by atoms with E-state index in [9.17, 15) is 14.7 Å². The molecule has 5 heteroatoms. The second-order valence-electron chi connectivity index (χ2n) is 3.99. The highest BCUT2D eigenvalue weighted by atomic mass is 32.2. The molecule has 4 nitrogen and oxygen atoms in total. The molecule has 1 N–H and O–H groups in total. The second-order valence-corrected chi connectivity index (χ2v) is 5.00. The topological polar surface area (TPSA) is 63.6 Å². The van der Waals surface area contributed by atoms with Gasteiger partial charge in [-0.2, -0.15) is 0 Å². The van der Waals surface area contributed by atoms with Crippen molar-refractivity contribution >= 4 is 23.5 Å². The van der Waals surface area contributed by atoms with Crippen molar-refractivity contribution in [3.05, 3.63) is 23.3 Å². The molecule has 1 rings (SSSR count). The molecule has 1 aromatic carbocycles. The highest BCUT2D eigenvalue weighted by molar-refractivity contribution is 8.00. The summed E-state index contributed by atoms with van der Waals surface area (Å²) in [6.07, 6.45) is -0.208. The average Bonchev–Trinajstić information content (AvgIpc) is 2.31. The number of rotatable bonds is 5. The van der Waals surface area contributed by atoms with Gasteiger partial charge >= 0.3 is 5.97 Å². The number of phenolic OH excluding ortho intramolecular Hbond substituents is 1. The van der Waals surface area contributed by atoms with Crippen molar-refractivity contribution in [1.82, 2.24) is 0 Å². The van der Waals surface area contributed by atoms with Gasteiger partial charge in [-0.1, -0.05) is 0 Å². The Kier molecular flexibility index (Phi) is 5.22. The van der Waals surface area contributed by atoms with Crippen LogP contribution in [-0.4, -0.2) is 29.7 Å². The first-order valence-corrected chi connectivity index (χ1v) is 6.44. The van der Waals surface area contributed by atoms with Crippen molar-refractivity contribution in [3.63, 3.8) is 0 Å². The Hall–Kier alpha value is -1.49. The lowest BCUT2D eigenvalue weighted by Crippen LogP contribution is -2.11. The SMILES string of the molecule is COC(=O)CC(=O)CSc1cc(C)cc(O)c1C. The summed E-state index contributed by atoms with van der Waals surface area (Å²) in [6, 6.07) is 3.58. The maximum atomic E-state index is 11.5. The van der Waals surface area contributed by atoms with E-state index >= 15 is 0 Å². The van der Waals surface area contributed by atoms with Crippen LogP contribution in [0.15, 0.2) is 17.0 Å². The Morgan fingerprint density at radius 1 is 1.33 bits per heavy atom. The molecule has 0 aromatic heterocycles. The molecular weight excluding hydrogens is 252 g/mol. The minimum atomic E-state index is -0.524. The van der Waals surface area contributed by atoms with Crippen LogP contribution in [0.25, 0.3) is 0 Å². The smallest absolute Gasteiger partial charge is 0.313 e. The number of thioether (sulfide) groups is 1. The van der Waals surface area contributed by atoms with Gasteiger partial charge in [0.05, 0.1) is 12.9 Å². The predicted octanol–water partition coefficient (Wildman–Crippen LogP) is 2.23. The minimum absolute atomic E-state index is 0.188. The lowest BCUT2D eigenvalue weighted by atomic mass is 10.1. The number of aromatic hydroxyl groups is 1. The molecule has 0 atom stereocenters. The van der Waals surface area contributed by atoms with E-state index in [1.54, 1.807) is 13.0 Å². The molecule has 0 fully saturated rings. The van der Waals surface area contributed by atoms with E-state index in [-0.39, 0.29) is 23.7 Å². The van der Waals surface area contributed by atoms with Gasteiger partial charge in [0.25, 0.3) is 0 Å². The maximum Gasteiger partial charge on any atom is 0.313 e. The first-order valence-electron chi connectivity index (χ1n) is 5.45. The number of hydrogen-bond acceptors (Lipinski definition) is 5. The molecule has 18 heavy (non-hydrogen) atoms. The van der Waals surface area contributed by atoms with Crippen molar-refractivity contribution in [1.29, 1.82) is 0 Å². The van der Waals surface area contributed by atoms with Crippen molar-refractivity contribution in [2.24, 2.45) is 0 Å². The maximum absolute atomic E-state index is 11.5. The van der Waals surface area contributed by atoms with E-state index in [1.165, 1.54) is 18.9 Å². The summed E-state index contributed by atoms with van der Waals surface area (Å²) < 4.78 is 4.43. The van der Waals surface area contributed by atoms with Gasteiger partial charge in [0.2, 0.25) is 0 Å². The zero-order valence-electron chi connectivity index (χ0n) is 10.6. The van der Waals surface area contributed by atoms with E-state index in [1.807, 2.05) is 13.0 Å². The summed E-state index contributed by atoms with van der Waals surface area (Å²) >= 11 is 1.32. The first-order chi connectivity index (χ1) is 8.43. The number of phenols is 1. The second kappa shape index (κ2) is 6.44. The third-order valence-electron chi connectivity index (χ3n) is 2.43. The number of carbonyl (C=O) groups excluding carboxylic acids is 2. The molecule has 0 saturated carbocycles. The Morgan fingerprint density at radius 3 is 2.61 bits per heavy atom. The summed E-state index contributed by atoms with van der Waals surface area (Å²) in [5.41, 5.74) is 1.68. The molecule has 0 aliphatic rings. The molecule has 0 spiro atoms. The zero-order valence-corrected chi connectivity index (χ0v) is 11.5. The number of hydrogen-bond donors (Lipinski definition) is 1. The number of methoxy groups -OCH3 is 1. The number of carbonyl (C=O) groups is 2. The van der Waals surface area contributed by atoms with Gasteiger partial charge in [-0.3, -0.25) is 9.59 Å². The highest BCUT2D eigenvalue weighted by Crippen LogP contribution is 2.30. The Morgan fingerprint density at radius 2 is 2.00 bits per heavy atom. The Labute approximate surface area is 110 Å². The monoisotopic (exact) mass is 268 g/mol. The van der Waals surface area contributed by atoms with Gasteiger partial charge < -0.3 is 9.84 Å². The third-order valence-corrected chi connectivity index (χ3v) is 3.64. The van der Waals surface area contributed by atoms with Gasteiger partial charge in [-0.15, -0.1) is 11.8 Å². The fourth-order valence-corrected chi connectivity index (χ4v) is 2.41. The van der Waals surface area contributed by atoms with Crippen LogP contribution < -0.4 is 0 Å². The molecular formula is C13H16O4S. The summed E-state index contributed by atoms with van der Waals surface area (Å²) in [6.45, 7) is 3.67. The quantitative estimate of drug-likeness (QED) is 0.504. The number of ether oxygens (including phenoxy) is 1. The molecule has 0 unspecified atom stereocenters. The van der Waals surface area contributed by atoms with Crippen LogP contribution in [0.1, 0.15) is 17.5 Å². The van der Waals surface area contributed by atoms with Crippen molar-refractivity contribution < 1.29 is 19.4 Å². The van der Waals surface area contributed by atoms with Crippen LogP contribution in [0.4, 0.5) is 0 Å². The number of benzene rings is 1. The molecule has 0 saturated heterocycles. The largest absolute Gasteiger partial charge is 0.508 e. The van der Waals surface area contributed by atoms with Crippen LogP contribution in [0.3, 0.4) is 0 Å². The van der Waals surface area contributed by atoms with E-state index < -0.39 is 5.97 Å². The van der Waals surface area contributed by atoms with Gasteiger partial charge in [0, 0.05) is 10.5 Å². The number of esters is 1. The number of Topliss-reactive ketones (excluding diaryl/α,β-unsaturated/α-hetero) is 1. The summed E-state index contributed by atoms with van der Waals surface area (Å²) in [5.74, 6) is -0.298. The van der Waals surface area contributed by atoms with Gasteiger partial charge in [0.1, 0.15) is 12.2 Å². The van der Waals surface area contributed by atoms with Crippen molar-refractivity contribution in [3.8, 4) is 5.75 Å². The molecule has 0 radical (unpaired) electrons. The van der Waals surface area contributed by atoms with E-state index in [0.717, 1.165) is 16.0 Å². The number of aryl methyl sites for hydroxylation is 1. The van der Waals surface area contributed by atoms with Crippen LogP contribution >= 0.6 is 11.8 Å². The molecule has 0 aliphatic carbocycles. The zero-order chi connectivity index (χ0) is 13.7. The van der Waals surface area contributed by atoms with Crippen LogP contribution in [-0.2, 0) is 14.3 Å². The average molecular weight is 268 g/mol. The van der Waals surface area contributed by atoms with Gasteiger partial charge in [-0.25, -0.2) is 0 Å². The predicted molar refractivity (Wildman–Crippen MR) is 69.9 cm³/mol. The standard InChI is InChI=1S/C13H16O4S/c1-8-4-11(15)9(2)12(5-8)18-7-10(14)6-13(16)17-3/h4-5,15H,6-7H2,1-3H3. The lowest BCUT2D eigenvalue weighted by molar-refractivity contribution is -0.142. The van der Waals surface area contributed by atoms with E-state index in [0.29, 0.717) is 0 Å². The molecule has 0 aliphatic heterocycles. The fourth-order valence-electron chi connectivity index (χ4n) is 1.40. The summed E-state index contributed by atoms with van der Waals surface area (Å²) in [5, 5.41) is 9.66. The highest BCUT2D eigenvalue weighted by Gasteiger charge is 2.12. The molecule has 0 bridgehead atoms. The van der Waals surface area contributed by atoms with Gasteiger partial charge in [0.15, 0.2) is 5.78 Å².